The Kier molecular flexibility index (Phi) is 4.85. The molecule has 1 saturated heterocycles. The summed E-state index contributed by atoms with van der Waals surface area (Å²) in [4.78, 5) is 0. The van der Waals surface area contributed by atoms with E-state index >= 15 is 0 Å². The molecular formula is C18H27FO. The third-order valence-corrected chi connectivity index (χ3v) is 4.75. The molecule has 0 saturated carbocycles. The van der Waals surface area contributed by atoms with Gasteiger partial charge in [-0.15, -0.1) is 0 Å². The number of benzene rings is 1. The molecule has 1 aliphatic heterocycles. The molecule has 20 heavy (non-hydrogen) atoms. The first kappa shape index (κ1) is 15.5. The van der Waals surface area contributed by atoms with E-state index in [4.69, 9.17) is 4.74 Å². The molecule has 0 aromatic heterocycles. The van der Waals surface area contributed by atoms with Crippen LogP contribution in [0, 0.1) is 17.7 Å². The highest BCUT2D eigenvalue weighted by atomic mass is 19.1. The van der Waals surface area contributed by atoms with Crippen molar-refractivity contribution in [2.24, 2.45) is 11.8 Å². The molecule has 0 radical (unpaired) electrons. The van der Waals surface area contributed by atoms with Gasteiger partial charge in [0.15, 0.2) is 0 Å². The largest absolute Gasteiger partial charge is 0.376 e. The zero-order chi connectivity index (χ0) is 14.8. The van der Waals surface area contributed by atoms with Crippen LogP contribution in [0.5, 0.6) is 0 Å². The quantitative estimate of drug-likeness (QED) is 0.739. The molecule has 1 nitrogen and oxygen atoms in total. The molecule has 0 amide bonds. The van der Waals surface area contributed by atoms with Gasteiger partial charge in [0.1, 0.15) is 5.82 Å². The van der Waals surface area contributed by atoms with Crippen LogP contribution >= 0.6 is 0 Å². The summed E-state index contributed by atoms with van der Waals surface area (Å²) in [5, 5.41) is 0. The number of hydrogen-bond acceptors (Lipinski definition) is 1. The van der Waals surface area contributed by atoms with Gasteiger partial charge in [0.2, 0.25) is 0 Å². The summed E-state index contributed by atoms with van der Waals surface area (Å²) < 4.78 is 19.0. The van der Waals surface area contributed by atoms with Crippen molar-refractivity contribution in [3.63, 3.8) is 0 Å². The van der Waals surface area contributed by atoms with Crippen molar-refractivity contribution in [1.29, 1.82) is 0 Å². The minimum atomic E-state index is -0.149. The van der Waals surface area contributed by atoms with Crippen LogP contribution in [0.4, 0.5) is 4.39 Å². The Morgan fingerprint density at radius 3 is 2.50 bits per heavy atom. The van der Waals surface area contributed by atoms with Crippen LogP contribution in [-0.2, 0) is 4.74 Å². The van der Waals surface area contributed by atoms with E-state index in [0.29, 0.717) is 17.8 Å². The van der Waals surface area contributed by atoms with Crippen LogP contribution in [0.1, 0.15) is 58.4 Å². The molecule has 0 aliphatic carbocycles. The predicted octanol–water partition coefficient (Wildman–Crippen LogP) is 5.16. The maximum atomic E-state index is 13.2. The Hall–Kier alpha value is -0.890. The summed E-state index contributed by atoms with van der Waals surface area (Å²) in [6, 6.07) is 7.12. The van der Waals surface area contributed by atoms with Crippen LogP contribution in [-0.4, -0.2) is 12.2 Å². The fourth-order valence-corrected chi connectivity index (χ4v) is 3.59. The third-order valence-electron chi connectivity index (χ3n) is 4.75. The lowest BCUT2D eigenvalue weighted by molar-refractivity contribution is -0.0796. The zero-order valence-corrected chi connectivity index (χ0v) is 13.2. The average molecular weight is 278 g/mol. The molecule has 2 rings (SSSR count). The van der Waals surface area contributed by atoms with Gasteiger partial charge >= 0.3 is 0 Å². The molecule has 0 bridgehead atoms. The number of halogens is 1. The summed E-state index contributed by atoms with van der Waals surface area (Å²) in [5.41, 5.74) is 1.25. The first-order valence-corrected chi connectivity index (χ1v) is 7.82. The maximum Gasteiger partial charge on any atom is 0.123 e. The third kappa shape index (κ3) is 3.60. The first-order chi connectivity index (χ1) is 9.43. The molecule has 3 atom stereocenters. The van der Waals surface area contributed by atoms with E-state index in [1.807, 2.05) is 12.1 Å². The molecule has 1 aliphatic rings. The van der Waals surface area contributed by atoms with Crippen LogP contribution in [0.2, 0.25) is 0 Å². The second-order valence-corrected chi connectivity index (χ2v) is 6.82. The van der Waals surface area contributed by atoms with Crippen molar-refractivity contribution in [2.45, 2.75) is 58.5 Å². The van der Waals surface area contributed by atoms with Gasteiger partial charge in [0.05, 0.1) is 5.60 Å². The van der Waals surface area contributed by atoms with Crippen molar-refractivity contribution in [2.75, 3.05) is 6.61 Å². The Balaban J connectivity index is 2.25. The maximum absolute atomic E-state index is 13.2. The SMILES string of the molecule is CCC(C)C(c1ccc(F)cc1)[C@@H]1CCOC(C)(C)C1. The highest BCUT2D eigenvalue weighted by Crippen LogP contribution is 2.42. The van der Waals surface area contributed by atoms with E-state index in [1.54, 1.807) is 12.1 Å². The second kappa shape index (κ2) is 6.26. The van der Waals surface area contributed by atoms with Gasteiger partial charge in [-0.05, 0) is 62.1 Å². The monoisotopic (exact) mass is 278 g/mol. The van der Waals surface area contributed by atoms with E-state index in [9.17, 15) is 4.39 Å². The summed E-state index contributed by atoms with van der Waals surface area (Å²) >= 11 is 0. The summed E-state index contributed by atoms with van der Waals surface area (Å²) in [5.74, 6) is 1.59. The van der Waals surface area contributed by atoms with Gasteiger partial charge < -0.3 is 4.74 Å². The van der Waals surface area contributed by atoms with Crippen molar-refractivity contribution in [3.05, 3.63) is 35.6 Å². The minimum Gasteiger partial charge on any atom is -0.376 e. The van der Waals surface area contributed by atoms with E-state index in [-0.39, 0.29) is 11.4 Å². The van der Waals surface area contributed by atoms with Crippen LogP contribution < -0.4 is 0 Å². The topological polar surface area (TPSA) is 9.23 Å². The number of hydrogen-bond donors (Lipinski definition) is 0. The van der Waals surface area contributed by atoms with Gasteiger partial charge in [0.25, 0.3) is 0 Å². The fraction of sp³-hybridized carbons (Fsp3) is 0.667. The molecule has 1 aromatic rings. The second-order valence-electron chi connectivity index (χ2n) is 6.82. The smallest absolute Gasteiger partial charge is 0.123 e. The summed E-state index contributed by atoms with van der Waals surface area (Å²) in [7, 11) is 0. The van der Waals surface area contributed by atoms with E-state index in [1.165, 1.54) is 5.56 Å². The summed E-state index contributed by atoms with van der Waals surface area (Å²) in [6.45, 7) is 9.75. The van der Waals surface area contributed by atoms with Crippen LogP contribution in [0.3, 0.4) is 0 Å². The molecule has 112 valence electrons. The first-order valence-electron chi connectivity index (χ1n) is 7.82. The van der Waals surface area contributed by atoms with Gasteiger partial charge in [-0.2, -0.15) is 0 Å². The Morgan fingerprint density at radius 2 is 1.95 bits per heavy atom. The number of ether oxygens (including phenoxy) is 1. The molecule has 1 aromatic carbocycles. The van der Waals surface area contributed by atoms with Crippen LogP contribution in [0.25, 0.3) is 0 Å². The van der Waals surface area contributed by atoms with Crippen LogP contribution in [0.15, 0.2) is 24.3 Å². The van der Waals surface area contributed by atoms with Crippen molar-refractivity contribution in [3.8, 4) is 0 Å². The highest BCUT2D eigenvalue weighted by molar-refractivity contribution is 5.22. The van der Waals surface area contributed by atoms with Gasteiger partial charge in [-0.1, -0.05) is 32.4 Å². The standard InChI is InChI=1S/C18H27FO/c1-5-13(2)17(14-6-8-16(19)9-7-14)15-10-11-20-18(3,4)12-15/h6-9,13,15,17H,5,10-12H2,1-4H3/t13?,15-,17?/m1/s1. The molecular weight excluding hydrogens is 251 g/mol. The lowest BCUT2D eigenvalue weighted by Crippen LogP contribution is -2.37. The van der Waals surface area contributed by atoms with Crippen molar-refractivity contribution in [1.82, 2.24) is 0 Å². The van der Waals surface area contributed by atoms with E-state index in [2.05, 4.69) is 27.7 Å². The number of rotatable bonds is 4. The molecule has 0 spiro atoms. The van der Waals surface area contributed by atoms with Gasteiger partial charge in [-0.3, -0.25) is 0 Å². The Bertz CT molecular complexity index is 424. The zero-order valence-electron chi connectivity index (χ0n) is 13.2. The van der Waals surface area contributed by atoms with E-state index < -0.39 is 0 Å². The molecule has 1 fully saturated rings. The Morgan fingerprint density at radius 1 is 1.30 bits per heavy atom. The normalized spacial score (nSPS) is 25.1. The lowest BCUT2D eigenvalue weighted by Gasteiger charge is -2.41. The average Bonchev–Trinajstić information content (AvgIpc) is 2.40. The van der Waals surface area contributed by atoms with Gasteiger partial charge in [-0.25, -0.2) is 4.39 Å². The summed E-state index contributed by atoms with van der Waals surface area (Å²) in [6.07, 6.45) is 3.34. The molecule has 0 N–H and O–H groups in total. The molecule has 1 heterocycles. The molecule has 2 heteroatoms. The fourth-order valence-electron chi connectivity index (χ4n) is 3.59. The van der Waals surface area contributed by atoms with Gasteiger partial charge in [0, 0.05) is 6.61 Å². The lowest BCUT2D eigenvalue weighted by atomic mass is 9.70. The highest BCUT2D eigenvalue weighted by Gasteiger charge is 2.35. The Labute approximate surface area is 122 Å². The minimum absolute atomic E-state index is 0.0331. The van der Waals surface area contributed by atoms with Crippen molar-refractivity contribution < 1.29 is 9.13 Å². The van der Waals surface area contributed by atoms with E-state index in [0.717, 1.165) is 25.9 Å². The molecule has 2 unspecified atom stereocenters. The predicted molar refractivity (Wildman–Crippen MR) is 81.4 cm³/mol. The van der Waals surface area contributed by atoms with Crippen molar-refractivity contribution >= 4 is 0 Å².